The van der Waals surface area contributed by atoms with Crippen LogP contribution >= 0.6 is 34.8 Å². The molecule has 0 fully saturated rings. The van der Waals surface area contributed by atoms with Gasteiger partial charge < -0.3 is 10.1 Å². The number of hydrogen-bond donors (Lipinski definition) is 1. The Balaban J connectivity index is 2.11. The lowest BCUT2D eigenvalue weighted by Crippen LogP contribution is -2.20. The summed E-state index contributed by atoms with van der Waals surface area (Å²) in [6.07, 6.45) is 0. The highest BCUT2D eigenvalue weighted by Crippen LogP contribution is 2.42. The normalized spacial score (nSPS) is 10.5. The van der Waals surface area contributed by atoms with Gasteiger partial charge in [0.05, 0.1) is 10.0 Å². The number of halogens is 3. The minimum atomic E-state index is -0.298. The monoisotopic (exact) mass is 371 g/mol. The number of anilines is 1. The SMILES string of the molecule is Cc1cccc(NC(=O)COc2c(Cl)c(C)c(Cl)c(C)c2Cl)c1. The molecule has 0 bridgehead atoms. The van der Waals surface area contributed by atoms with Gasteiger partial charge in [-0.2, -0.15) is 0 Å². The third kappa shape index (κ3) is 4.11. The van der Waals surface area contributed by atoms with Crippen molar-refractivity contribution in [1.29, 1.82) is 0 Å². The maximum Gasteiger partial charge on any atom is 0.262 e. The van der Waals surface area contributed by atoms with E-state index < -0.39 is 0 Å². The van der Waals surface area contributed by atoms with Crippen LogP contribution in [0.5, 0.6) is 5.75 Å². The predicted molar refractivity (Wildman–Crippen MR) is 96.2 cm³/mol. The molecule has 1 N–H and O–H groups in total. The molecule has 1 amide bonds. The number of rotatable bonds is 4. The summed E-state index contributed by atoms with van der Waals surface area (Å²) in [5.74, 6) is -0.0277. The van der Waals surface area contributed by atoms with Crippen molar-refractivity contribution < 1.29 is 9.53 Å². The van der Waals surface area contributed by atoms with Gasteiger partial charge in [-0.25, -0.2) is 0 Å². The van der Waals surface area contributed by atoms with E-state index in [2.05, 4.69) is 5.32 Å². The predicted octanol–water partition coefficient (Wildman–Crippen LogP) is 5.59. The molecule has 2 aromatic rings. The highest BCUT2D eigenvalue weighted by atomic mass is 35.5. The fourth-order valence-corrected chi connectivity index (χ4v) is 2.92. The Labute approximate surface area is 150 Å². The Morgan fingerprint density at radius 3 is 2.22 bits per heavy atom. The van der Waals surface area contributed by atoms with E-state index in [0.717, 1.165) is 5.56 Å². The lowest BCUT2D eigenvalue weighted by molar-refractivity contribution is -0.118. The Kier molecular flexibility index (Phi) is 5.79. The van der Waals surface area contributed by atoms with Gasteiger partial charge in [-0.1, -0.05) is 46.9 Å². The first-order valence-electron chi connectivity index (χ1n) is 6.94. The van der Waals surface area contributed by atoms with Crippen LogP contribution in [-0.2, 0) is 4.79 Å². The van der Waals surface area contributed by atoms with E-state index >= 15 is 0 Å². The van der Waals surface area contributed by atoms with Crippen molar-refractivity contribution in [3.63, 3.8) is 0 Å². The van der Waals surface area contributed by atoms with Crippen LogP contribution in [0.3, 0.4) is 0 Å². The molecule has 0 aliphatic carbocycles. The van der Waals surface area contributed by atoms with E-state index in [1.165, 1.54) is 0 Å². The van der Waals surface area contributed by atoms with Crippen molar-refractivity contribution in [2.24, 2.45) is 0 Å². The van der Waals surface area contributed by atoms with E-state index in [-0.39, 0.29) is 18.3 Å². The van der Waals surface area contributed by atoms with Crippen LogP contribution in [0.15, 0.2) is 24.3 Å². The highest BCUT2D eigenvalue weighted by Gasteiger charge is 2.18. The fourth-order valence-electron chi connectivity index (χ4n) is 2.10. The lowest BCUT2D eigenvalue weighted by Gasteiger charge is -2.15. The molecule has 2 aromatic carbocycles. The Morgan fingerprint density at radius 2 is 1.65 bits per heavy atom. The van der Waals surface area contributed by atoms with Gasteiger partial charge in [-0.15, -0.1) is 0 Å². The van der Waals surface area contributed by atoms with E-state index in [1.54, 1.807) is 19.9 Å². The van der Waals surface area contributed by atoms with Crippen LogP contribution < -0.4 is 10.1 Å². The number of carbonyl (C=O) groups excluding carboxylic acids is 1. The van der Waals surface area contributed by atoms with Crippen molar-refractivity contribution in [2.45, 2.75) is 20.8 Å². The first kappa shape index (κ1) is 17.9. The average molecular weight is 373 g/mol. The van der Waals surface area contributed by atoms with Crippen molar-refractivity contribution in [1.82, 2.24) is 0 Å². The largest absolute Gasteiger partial charge is 0.481 e. The molecule has 0 aromatic heterocycles. The lowest BCUT2D eigenvalue weighted by atomic mass is 10.1. The first-order valence-corrected chi connectivity index (χ1v) is 8.07. The van der Waals surface area contributed by atoms with Gasteiger partial charge in [-0.05, 0) is 49.6 Å². The zero-order valence-electron chi connectivity index (χ0n) is 13.0. The van der Waals surface area contributed by atoms with Crippen LogP contribution in [0, 0.1) is 20.8 Å². The Bertz CT molecular complexity index is 731. The van der Waals surface area contributed by atoms with Crippen LogP contribution in [0.1, 0.15) is 16.7 Å². The average Bonchev–Trinajstić information content (AvgIpc) is 2.51. The van der Waals surface area contributed by atoms with E-state index in [0.29, 0.717) is 31.9 Å². The molecule has 6 heteroatoms. The quantitative estimate of drug-likeness (QED) is 0.759. The van der Waals surface area contributed by atoms with Crippen LogP contribution in [0.4, 0.5) is 5.69 Å². The van der Waals surface area contributed by atoms with Gasteiger partial charge in [0.2, 0.25) is 0 Å². The zero-order valence-corrected chi connectivity index (χ0v) is 15.2. The summed E-state index contributed by atoms with van der Waals surface area (Å²) in [5, 5.41) is 3.88. The van der Waals surface area contributed by atoms with E-state index in [4.69, 9.17) is 39.5 Å². The summed E-state index contributed by atoms with van der Waals surface area (Å²) < 4.78 is 5.51. The molecule has 0 saturated carbocycles. The van der Waals surface area contributed by atoms with Crippen LogP contribution in [0.25, 0.3) is 0 Å². The topological polar surface area (TPSA) is 38.3 Å². The van der Waals surface area contributed by atoms with Gasteiger partial charge in [-0.3, -0.25) is 4.79 Å². The number of carbonyl (C=O) groups is 1. The molecule has 0 aliphatic rings. The second-order valence-corrected chi connectivity index (χ2v) is 6.36. The van der Waals surface area contributed by atoms with Crippen molar-refractivity contribution in [3.8, 4) is 5.75 Å². The molecule has 0 atom stereocenters. The number of amides is 1. The minimum absolute atomic E-state index is 0.201. The Hall–Kier alpha value is -1.42. The third-order valence-electron chi connectivity index (χ3n) is 3.37. The molecule has 0 unspecified atom stereocenters. The summed E-state index contributed by atoms with van der Waals surface area (Å²) in [4.78, 5) is 12.0. The number of benzene rings is 2. The molecule has 0 aliphatic heterocycles. The molecule has 0 heterocycles. The van der Waals surface area contributed by atoms with E-state index in [9.17, 15) is 4.79 Å². The first-order chi connectivity index (χ1) is 10.8. The number of aryl methyl sites for hydroxylation is 1. The van der Waals surface area contributed by atoms with E-state index in [1.807, 2.05) is 25.1 Å². The molecular weight excluding hydrogens is 357 g/mol. The molecule has 23 heavy (non-hydrogen) atoms. The Morgan fingerprint density at radius 1 is 1.04 bits per heavy atom. The smallest absolute Gasteiger partial charge is 0.262 e. The zero-order chi connectivity index (χ0) is 17.1. The third-order valence-corrected chi connectivity index (χ3v) is 4.84. The van der Waals surface area contributed by atoms with Gasteiger partial charge in [0, 0.05) is 10.7 Å². The maximum atomic E-state index is 12.0. The van der Waals surface area contributed by atoms with Crippen LogP contribution in [0.2, 0.25) is 15.1 Å². The van der Waals surface area contributed by atoms with Gasteiger partial charge >= 0.3 is 0 Å². The standard InChI is InChI=1S/C17H16Cl3NO2/c1-9-5-4-6-12(7-9)21-13(22)8-23-17-15(19)10(2)14(18)11(3)16(17)20/h4-7H,8H2,1-3H3,(H,21,22). The van der Waals surface area contributed by atoms with Gasteiger partial charge in [0.25, 0.3) is 5.91 Å². The molecule has 3 nitrogen and oxygen atoms in total. The van der Waals surface area contributed by atoms with Gasteiger partial charge in [0.1, 0.15) is 0 Å². The van der Waals surface area contributed by atoms with Crippen molar-refractivity contribution >= 4 is 46.4 Å². The summed E-state index contributed by atoms with van der Waals surface area (Å²) in [6.45, 7) is 5.29. The van der Waals surface area contributed by atoms with Crippen molar-refractivity contribution in [2.75, 3.05) is 11.9 Å². The van der Waals surface area contributed by atoms with Crippen LogP contribution in [-0.4, -0.2) is 12.5 Å². The number of ether oxygens (including phenoxy) is 1. The number of hydrogen-bond acceptors (Lipinski definition) is 2. The summed E-state index contributed by atoms with van der Waals surface area (Å²) in [6, 6.07) is 7.49. The summed E-state index contributed by atoms with van der Waals surface area (Å²) in [7, 11) is 0. The minimum Gasteiger partial charge on any atom is -0.481 e. The fraction of sp³-hybridized carbons (Fsp3) is 0.235. The maximum absolute atomic E-state index is 12.0. The summed E-state index contributed by atoms with van der Waals surface area (Å²) in [5.41, 5.74) is 3.10. The second-order valence-electron chi connectivity index (χ2n) is 5.23. The number of nitrogens with one attached hydrogen (secondary N) is 1. The molecule has 122 valence electrons. The molecular formula is C17H16Cl3NO2. The highest BCUT2D eigenvalue weighted by molar-refractivity contribution is 6.42. The molecule has 2 rings (SSSR count). The molecule has 0 saturated heterocycles. The van der Waals surface area contributed by atoms with Crippen molar-refractivity contribution in [3.05, 3.63) is 56.0 Å². The molecule has 0 radical (unpaired) electrons. The second kappa shape index (κ2) is 7.43. The van der Waals surface area contributed by atoms with Gasteiger partial charge in [0.15, 0.2) is 12.4 Å². The summed E-state index contributed by atoms with van der Waals surface area (Å²) >= 11 is 18.6. The molecule has 0 spiro atoms.